The van der Waals surface area contributed by atoms with Crippen LogP contribution in [-0.4, -0.2) is 54.4 Å². The Morgan fingerprint density at radius 2 is 1.86 bits per heavy atom. The number of hydrogen-bond donors (Lipinski definition) is 1. The third-order valence-electron chi connectivity index (χ3n) is 3.83. The van der Waals surface area contributed by atoms with E-state index in [2.05, 4.69) is 15.3 Å². The molecule has 0 unspecified atom stereocenters. The van der Waals surface area contributed by atoms with Gasteiger partial charge in [-0.3, -0.25) is 9.69 Å². The summed E-state index contributed by atoms with van der Waals surface area (Å²) >= 11 is 5.91. The lowest BCUT2D eigenvalue weighted by atomic mass is 10.0. The van der Waals surface area contributed by atoms with Crippen molar-refractivity contribution in [2.24, 2.45) is 5.10 Å². The number of carbonyl (C=O) groups excluding carboxylic acids is 1. The molecule has 0 bridgehead atoms. The van der Waals surface area contributed by atoms with E-state index in [9.17, 15) is 4.79 Å². The van der Waals surface area contributed by atoms with E-state index < -0.39 is 0 Å². The summed E-state index contributed by atoms with van der Waals surface area (Å²) in [5, 5.41) is 10.2. The van der Waals surface area contributed by atoms with Crippen LogP contribution in [0.25, 0.3) is 0 Å². The Balaban J connectivity index is 1.74. The number of carbonyl (C=O) groups is 1. The molecule has 1 aromatic rings. The maximum atomic E-state index is 12.1. The van der Waals surface area contributed by atoms with Crippen LogP contribution in [0.2, 0.25) is 5.02 Å². The van der Waals surface area contributed by atoms with E-state index in [4.69, 9.17) is 11.6 Å². The molecule has 112 valence electrons. The van der Waals surface area contributed by atoms with Crippen molar-refractivity contribution in [3.8, 4) is 0 Å². The van der Waals surface area contributed by atoms with Crippen molar-refractivity contribution in [2.75, 3.05) is 32.8 Å². The van der Waals surface area contributed by atoms with Crippen molar-refractivity contribution >= 4 is 23.2 Å². The molecule has 2 aliphatic rings. The Labute approximate surface area is 129 Å². The van der Waals surface area contributed by atoms with E-state index in [0.29, 0.717) is 24.5 Å². The maximum absolute atomic E-state index is 12.1. The highest BCUT2D eigenvalue weighted by Crippen LogP contribution is 2.17. The van der Waals surface area contributed by atoms with Gasteiger partial charge in [-0.15, -0.1) is 0 Å². The SMILES string of the molecule is O=C1CCC(c2ccc(Cl)cc2)=NN1CN1CCNCC1. The van der Waals surface area contributed by atoms with Gasteiger partial charge >= 0.3 is 0 Å². The minimum atomic E-state index is 0.103. The molecule has 2 heterocycles. The summed E-state index contributed by atoms with van der Waals surface area (Å²) in [4.78, 5) is 14.3. The molecule has 1 saturated heterocycles. The molecule has 1 fully saturated rings. The van der Waals surface area contributed by atoms with Gasteiger partial charge < -0.3 is 5.32 Å². The van der Waals surface area contributed by atoms with Crippen molar-refractivity contribution in [2.45, 2.75) is 12.8 Å². The number of amides is 1. The smallest absolute Gasteiger partial charge is 0.244 e. The van der Waals surface area contributed by atoms with Crippen LogP contribution in [0.5, 0.6) is 0 Å². The molecule has 0 aromatic heterocycles. The topological polar surface area (TPSA) is 47.9 Å². The Hall–Kier alpha value is -1.43. The summed E-state index contributed by atoms with van der Waals surface area (Å²) < 4.78 is 0. The molecule has 0 aliphatic carbocycles. The molecule has 21 heavy (non-hydrogen) atoms. The first-order chi connectivity index (χ1) is 10.2. The quantitative estimate of drug-likeness (QED) is 0.921. The molecular weight excluding hydrogens is 288 g/mol. The van der Waals surface area contributed by atoms with Crippen molar-refractivity contribution < 1.29 is 4.79 Å². The highest BCUT2D eigenvalue weighted by Gasteiger charge is 2.23. The Morgan fingerprint density at radius 3 is 2.57 bits per heavy atom. The van der Waals surface area contributed by atoms with Gasteiger partial charge in [0.25, 0.3) is 0 Å². The first kappa shape index (κ1) is 14.5. The molecular formula is C15H19ClN4O. The van der Waals surface area contributed by atoms with Crippen LogP contribution in [0, 0.1) is 0 Å². The lowest BCUT2D eigenvalue weighted by Crippen LogP contribution is -2.49. The highest BCUT2D eigenvalue weighted by atomic mass is 35.5. The summed E-state index contributed by atoms with van der Waals surface area (Å²) in [6.07, 6.45) is 1.21. The molecule has 0 saturated carbocycles. The van der Waals surface area contributed by atoms with E-state index in [1.54, 1.807) is 5.01 Å². The van der Waals surface area contributed by atoms with Gasteiger partial charge in [-0.2, -0.15) is 5.10 Å². The zero-order valence-corrected chi connectivity index (χ0v) is 12.6. The Kier molecular flexibility index (Phi) is 4.53. The summed E-state index contributed by atoms with van der Waals surface area (Å²) in [6, 6.07) is 7.63. The number of benzene rings is 1. The van der Waals surface area contributed by atoms with E-state index >= 15 is 0 Å². The number of rotatable bonds is 3. The second-order valence-corrected chi connectivity index (χ2v) is 5.79. The van der Waals surface area contributed by atoms with E-state index in [-0.39, 0.29) is 5.91 Å². The monoisotopic (exact) mass is 306 g/mol. The van der Waals surface area contributed by atoms with Gasteiger partial charge in [0.1, 0.15) is 0 Å². The number of hydrogen-bond acceptors (Lipinski definition) is 4. The predicted molar refractivity (Wildman–Crippen MR) is 83.4 cm³/mol. The standard InChI is InChI=1S/C15H19ClN4O/c16-13-3-1-12(2-4-13)14-5-6-15(21)20(18-14)11-19-9-7-17-8-10-19/h1-4,17H,5-11H2. The average Bonchev–Trinajstić information content (AvgIpc) is 2.51. The van der Waals surface area contributed by atoms with Gasteiger partial charge in [-0.1, -0.05) is 23.7 Å². The third-order valence-corrected chi connectivity index (χ3v) is 4.08. The van der Waals surface area contributed by atoms with Crippen molar-refractivity contribution in [3.63, 3.8) is 0 Å². The van der Waals surface area contributed by atoms with Crippen LogP contribution in [0.1, 0.15) is 18.4 Å². The molecule has 0 atom stereocenters. The van der Waals surface area contributed by atoms with Crippen LogP contribution < -0.4 is 5.32 Å². The van der Waals surface area contributed by atoms with Crippen molar-refractivity contribution in [3.05, 3.63) is 34.9 Å². The van der Waals surface area contributed by atoms with Gasteiger partial charge in [0.2, 0.25) is 5.91 Å². The summed E-state index contributed by atoms with van der Waals surface area (Å²) in [5.74, 6) is 0.103. The molecule has 1 amide bonds. The molecule has 6 heteroatoms. The predicted octanol–water partition coefficient (Wildman–Crippen LogP) is 1.53. The lowest BCUT2D eigenvalue weighted by molar-refractivity contribution is -0.134. The van der Waals surface area contributed by atoms with Gasteiger partial charge in [0, 0.05) is 44.0 Å². The molecule has 1 N–H and O–H groups in total. The van der Waals surface area contributed by atoms with Gasteiger partial charge in [-0.05, 0) is 17.7 Å². The fourth-order valence-electron chi connectivity index (χ4n) is 2.60. The van der Waals surface area contributed by atoms with Crippen molar-refractivity contribution in [1.29, 1.82) is 0 Å². The fraction of sp³-hybridized carbons (Fsp3) is 0.467. The summed E-state index contributed by atoms with van der Waals surface area (Å²) in [5.41, 5.74) is 2.00. The minimum absolute atomic E-state index is 0.103. The summed E-state index contributed by atoms with van der Waals surface area (Å²) in [7, 11) is 0. The molecule has 2 aliphatic heterocycles. The zero-order chi connectivity index (χ0) is 14.7. The average molecular weight is 307 g/mol. The van der Waals surface area contributed by atoms with Crippen LogP contribution in [0.15, 0.2) is 29.4 Å². The van der Waals surface area contributed by atoms with Crippen LogP contribution in [0.4, 0.5) is 0 Å². The first-order valence-corrected chi connectivity index (χ1v) is 7.67. The molecule has 5 nitrogen and oxygen atoms in total. The normalized spacial score (nSPS) is 20.5. The number of hydrazone groups is 1. The van der Waals surface area contributed by atoms with Gasteiger partial charge in [-0.25, -0.2) is 5.01 Å². The number of piperazine rings is 1. The molecule has 3 rings (SSSR count). The molecule has 1 aromatic carbocycles. The second kappa shape index (κ2) is 6.56. The summed E-state index contributed by atoms with van der Waals surface area (Å²) in [6.45, 7) is 4.42. The zero-order valence-electron chi connectivity index (χ0n) is 11.9. The molecule has 0 spiro atoms. The number of nitrogens with zero attached hydrogens (tertiary/aromatic N) is 3. The van der Waals surface area contributed by atoms with E-state index in [1.165, 1.54) is 0 Å². The Morgan fingerprint density at radius 1 is 1.14 bits per heavy atom. The maximum Gasteiger partial charge on any atom is 0.244 e. The third kappa shape index (κ3) is 3.61. The van der Waals surface area contributed by atoms with Crippen LogP contribution >= 0.6 is 11.6 Å². The minimum Gasteiger partial charge on any atom is -0.314 e. The molecule has 0 radical (unpaired) electrons. The lowest BCUT2D eigenvalue weighted by Gasteiger charge is -2.32. The van der Waals surface area contributed by atoms with Gasteiger partial charge in [0.15, 0.2) is 0 Å². The Bertz CT molecular complexity index is 537. The van der Waals surface area contributed by atoms with E-state index in [0.717, 1.165) is 37.5 Å². The van der Waals surface area contributed by atoms with Crippen LogP contribution in [-0.2, 0) is 4.79 Å². The first-order valence-electron chi connectivity index (χ1n) is 7.29. The van der Waals surface area contributed by atoms with E-state index in [1.807, 2.05) is 24.3 Å². The largest absolute Gasteiger partial charge is 0.314 e. The fourth-order valence-corrected chi connectivity index (χ4v) is 2.73. The second-order valence-electron chi connectivity index (χ2n) is 5.36. The number of nitrogens with one attached hydrogen (secondary N) is 1. The van der Waals surface area contributed by atoms with Gasteiger partial charge in [0.05, 0.1) is 12.4 Å². The number of halogens is 1. The van der Waals surface area contributed by atoms with Crippen LogP contribution in [0.3, 0.4) is 0 Å². The van der Waals surface area contributed by atoms with Crippen molar-refractivity contribution in [1.82, 2.24) is 15.2 Å². The highest BCUT2D eigenvalue weighted by molar-refractivity contribution is 6.30.